The molecule has 1 fully saturated rings. The van der Waals surface area contributed by atoms with Crippen molar-refractivity contribution >= 4 is 0 Å². The molecular formula is C15H23NO2. The maximum Gasteiger partial charge on any atom is 0.115 e. The second-order valence-corrected chi connectivity index (χ2v) is 5.89. The van der Waals surface area contributed by atoms with Gasteiger partial charge >= 0.3 is 0 Å². The van der Waals surface area contributed by atoms with Crippen LogP contribution in [-0.2, 0) is 4.74 Å². The first kappa shape index (κ1) is 13.4. The van der Waals surface area contributed by atoms with Gasteiger partial charge in [-0.3, -0.25) is 4.90 Å². The minimum absolute atomic E-state index is 0.108. The Morgan fingerprint density at radius 2 is 2.17 bits per heavy atom. The van der Waals surface area contributed by atoms with Crippen LogP contribution in [0.4, 0.5) is 0 Å². The van der Waals surface area contributed by atoms with Gasteiger partial charge in [-0.25, -0.2) is 0 Å². The van der Waals surface area contributed by atoms with Gasteiger partial charge in [-0.1, -0.05) is 12.1 Å². The minimum atomic E-state index is -0.108. The van der Waals surface area contributed by atoms with Crippen molar-refractivity contribution in [2.75, 3.05) is 13.1 Å². The first-order valence-corrected chi connectivity index (χ1v) is 6.58. The van der Waals surface area contributed by atoms with Crippen molar-refractivity contribution in [2.24, 2.45) is 0 Å². The highest BCUT2D eigenvalue weighted by Crippen LogP contribution is 2.29. The molecule has 0 aliphatic carbocycles. The Balaban J connectivity index is 2.15. The monoisotopic (exact) mass is 249 g/mol. The van der Waals surface area contributed by atoms with E-state index < -0.39 is 0 Å². The van der Waals surface area contributed by atoms with Crippen LogP contribution in [0.3, 0.4) is 0 Å². The summed E-state index contributed by atoms with van der Waals surface area (Å²) in [6, 6.07) is 7.82. The van der Waals surface area contributed by atoms with Gasteiger partial charge in [0, 0.05) is 19.1 Å². The molecule has 0 bridgehead atoms. The highest BCUT2D eigenvalue weighted by atomic mass is 16.5. The number of phenols is 1. The molecule has 1 heterocycles. The van der Waals surface area contributed by atoms with Gasteiger partial charge in [-0.15, -0.1) is 0 Å². The second-order valence-electron chi connectivity index (χ2n) is 5.89. The lowest BCUT2D eigenvalue weighted by molar-refractivity contribution is -0.137. The van der Waals surface area contributed by atoms with E-state index in [2.05, 4.69) is 38.7 Å². The molecule has 0 amide bonds. The highest BCUT2D eigenvalue weighted by molar-refractivity contribution is 5.29. The summed E-state index contributed by atoms with van der Waals surface area (Å²) in [5, 5.41) is 9.57. The van der Waals surface area contributed by atoms with E-state index in [1.807, 2.05) is 12.1 Å². The molecule has 0 spiro atoms. The zero-order valence-corrected chi connectivity index (χ0v) is 11.7. The predicted octanol–water partition coefficient (Wildman–Crippen LogP) is 2.95. The quantitative estimate of drug-likeness (QED) is 0.874. The van der Waals surface area contributed by atoms with E-state index in [-0.39, 0.29) is 11.7 Å². The maximum atomic E-state index is 9.57. The Kier molecular flexibility index (Phi) is 3.64. The average Bonchev–Trinajstić information content (AvgIpc) is 2.25. The standard InChI is InChI=1S/C15H23NO2/c1-11-9-16(10-15(3,4)18-11)12(2)13-6-5-7-14(17)8-13/h5-8,11-12,17H,9-10H2,1-4H3. The molecule has 1 aromatic rings. The van der Waals surface area contributed by atoms with E-state index in [0.29, 0.717) is 11.8 Å². The summed E-state index contributed by atoms with van der Waals surface area (Å²) in [6.07, 6.45) is 0.244. The fourth-order valence-electron chi connectivity index (χ4n) is 2.79. The summed E-state index contributed by atoms with van der Waals surface area (Å²) >= 11 is 0. The molecule has 1 aromatic carbocycles. The van der Waals surface area contributed by atoms with Crippen LogP contribution in [0.1, 0.15) is 39.3 Å². The average molecular weight is 249 g/mol. The van der Waals surface area contributed by atoms with Gasteiger partial charge in [0.05, 0.1) is 11.7 Å². The third kappa shape index (κ3) is 3.03. The van der Waals surface area contributed by atoms with Crippen molar-refractivity contribution < 1.29 is 9.84 Å². The summed E-state index contributed by atoms with van der Waals surface area (Å²) in [5.41, 5.74) is 1.04. The van der Waals surface area contributed by atoms with E-state index in [9.17, 15) is 5.11 Å². The molecule has 1 N–H and O–H groups in total. The zero-order chi connectivity index (χ0) is 13.3. The van der Waals surface area contributed by atoms with Gasteiger partial charge in [-0.2, -0.15) is 0 Å². The van der Waals surface area contributed by atoms with Crippen LogP contribution >= 0.6 is 0 Å². The van der Waals surface area contributed by atoms with Gasteiger partial charge in [0.15, 0.2) is 0 Å². The lowest BCUT2D eigenvalue weighted by atomic mass is 10.0. The fraction of sp³-hybridized carbons (Fsp3) is 0.600. The smallest absolute Gasteiger partial charge is 0.115 e. The van der Waals surface area contributed by atoms with Crippen LogP contribution < -0.4 is 0 Å². The van der Waals surface area contributed by atoms with Crippen LogP contribution in [0.25, 0.3) is 0 Å². The fourth-order valence-corrected chi connectivity index (χ4v) is 2.79. The molecule has 2 rings (SSSR count). The third-order valence-corrected chi connectivity index (χ3v) is 3.50. The van der Waals surface area contributed by atoms with Crippen molar-refractivity contribution in [3.8, 4) is 5.75 Å². The predicted molar refractivity (Wildman–Crippen MR) is 72.7 cm³/mol. The van der Waals surface area contributed by atoms with E-state index >= 15 is 0 Å². The van der Waals surface area contributed by atoms with Crippen LogP contribution in [0.15, 0.2) is 24.3 Å². The second kappa shape index (κ2) is 4.90. The Bertz CT molecular complexity index is 417. The topological polar surface area (TPSA) is 32.7 Å². The van der Waals surface area contributed by atoms with E-state index in [1.165, 1.54) is 0 Å². The molecule has 1 saturated heterocycles. The first-order chi connectivity index (χ1) is 8.37. The zero-order valence-electron chi connectivity index (χ0n) is 11.7. The van der Waals surface area contributed by atoms with Crippen LogP contribution in [-0.4, -0.2) is 34.8 Å². The normalized spacial score (nSPS) is 25.9. The van der Waals surface area contributed by atoms with Gasteiger partial charge < -0.3 is 9.84 Å². The van der Waals surface area contributed by atoms with Crippen molar-refractivity contribution in [3.05, 3.63) is 29.8 Å². The van der Waals surface area contributed by atoms with Crippen molar-refractivity contribution in [3.63, 3.8) is 0 Å². The summed E-state index contributed by atoms with van der Waals surface area (Å²) in [4.78, 5) is 2.42. The molecule has 2 unspecified atom stereocenters. The van der Waals surface area contributed by atoms with Gasteiger partial charge in [0.1, 0.15) is 5.75 Å². The SMILES string of the molecule is CC1CN(C(C)c2cccc(O)c2)CC(C)(C)O1. The number of morpholine rings is 1. The molecule has 100 valence electrons. The summed E-state index contributed by atoms with van der Waals surface area (Å²) in [5.74, 6) is 0.333. The molecule has 3 nitrogen and oxygen atoms in total. The molecule has 3 heteroatoms. The molecule has 1 aliphatic rings. The van der Waals surface area contributed by atoms with Crippen LogP contribution in [0, 0.1) is 0 Å². The molecular weight excluding hydrogens is 226 g/mol. The number of hydrogen-bond acceptors (Lipinski definition) is 3. The minimum Gasteiger partial charge on any atom is -0.508 e. The third-order valence-electron chi connectivity index (χ3n) is 3.50. The Hall–Kier alpha value is -1.06. The molecule has 0 saturated carbocycles. The van der Waals surface area contributed by atoms with E-state index in [1.54, 1.807) is 6.07 Å². The van der Waals surface area contributed by atoms with Crippen molar-refractivity contribution in [1.29, 1.82) is 0 Å². The van der Waals surface area contributed by atoms with E-state index in [4.69, 9.17) is 4.74 Å². The Morgan fingerprint density at radius 3 is 2.78 bits per heavy atom. The number of hydrogen-bond donors (Lipinski definition) is 1. The number of rotatable bonds is 2. The molecule has 1 aliphatic heterocycles. The summed E-state index contributed by atoms with van der Waals surface area (Å²) in [6.45, 7) is 10.4. The van der Waals surface area contributed by atoms with Crippen molar-refractivity contribution in [1.82, 2.24) is 4.90 Å². The van der Waals surface area contributed by atoms with E-state index in [0.717, 1.165) is 18.7 Å². The first-order valence-electron chi connectivity index (χ1n) is 6.58. The summed E-state index contributed by atoms with van der Waals surface area (Å²) < 4.78 is 5.92. The molecule has 0 radical (unpaired) electrons. The number of ether oxygens (including phenoxy) is 1. The van der Waals surface area contributed by atoms with Crippen LogP contribution in [0.2, 0.25) is 0 Å². The molecule has 2 atom stereocenters. The van der Waals surface area contributed by atoms with Gasteiger partial charge in [0.2, 0.25) is 0 Å². The van der Waals surface area contributed by atoms with Gasteiger partial charge in [-0.05, 0) is 45.4 Å². The Labute approximate surface area is 109 Å². The number of benzene rings is 1. The van der Waals surface area contributed by atoms with Crippen molar-refractivity contribution in [2.45, 2.75) is 45.4 Å². The number of aromatic hydroxyl groups is 1. The summed E-state index contributed by atoms with van der Waals surface area (Å²) in [7, 11) is 0. The number of phenolic OH excluding ortho intramolecular Hbond substituents is 1. The largest absolute Gasteiger partial charge is 0.508 e. The maximum absolute atomic E-state index is 9.57. The number of nitrogens with zero attached hydrogens (tertiary/aromatic N) is 1. The van der Waals surface area contributed by atoms with Crippen LogP contribution in [0.5, 0.6) is 5.75 Å². The molecule has 0 aromatic heterocycles. The highest BCUT2D eigenvalue weighted by Gasteiger charge is 2.33. The Morgan fingerprint density at radius 1 is 1.44 bits per heavy atom. The van der Waals surface area contributed by atoms with Gasteiger partial charge in [0.25, 0.3) is 0 Å². The lowest BCUT2D eigenvalue weighted by Gasteiger charge is -2.44. The lowest BCUT2D eigenvalue weighted by Crippen LogP contribution is -2.52. The molecule has 18 heavy (non-hydrogen) atoms.